The Balaban J connectivity index is 5.86. The van der Waals surface area contributed by atoms with Crippen molar-refractivity contribution in [1.82, 2.24) is 0 Å². The lowest BCUT2D eigenvalue weighted by molar-refractivity contribution is -0.111. The van der Waals surface area contributed by atoms with Crippen LogP contribution in [0.5, 0.6) is 0 Å². The van der Waals surface area contributed by atoms with Gasteiger partial charge in [0.25, 0.3) is 0 Å². The lowest BCUT2D eigenvalue weighted by Gasteiger charge is -2.06. The molecular formula is C10F14O. The van der Waals surface area contributed by atoms with Crippen LogP contribution in [0.1, 0.15) is 0 Å². The van der Waals surface area contributed by atoms with E-state index in [0.29, 0.717) is 0 Å². The van der Waals surface area contributed by atoms with Crippen LogP contribution in [0, 0.1) is 0 Å². The number of hydrogen-bond acceptors (Lipinski definition) is 1. The summed E-state index contributed by atoms with van der Waals surface area (Å²) in [5.41, 5.74) is 0. The van der Waals surface area contributed by atoms with Crippen LogP contribution in [0.15, 0.2) is 47.0 Å². The zero-order valence-corrected chi connectivity index (χ0v) is 10.7. The van der Waals surface area contributed by atoms with Crippen molar-refractivity contribution in [3.05, 3.63) is 47.0 Å². The summed E-state index contributed by atoms with van der Waals surface area (Å²) in [5, 5.41) is 0. The largest absolute Gasteiger partial charge is 0.446 e. The van der Waals surface area contributed by atoms with Crippen molar-refractivity contribution in [3.63, 3.8) is 0 Å². The minimum absolute atomic E-state index is 2.60. The lowest BCUT2D eigenvalue weighted by atomic mass is 10.4. The third-order valence-corrected chi connectivity index (χ3v) is 1.79. The topological polar surface area (TPSA) is 9.23 Å². The maximum absolute atomic E-state index is 12.7. The fourth-order valence-electron chi connectivity index (χ4n) is 0.782. The summed E-state index contributed by atoms with van der Waals surface area (Å²) in [7, 11) is 0. The molecule has 0 unspecified atom stereocenters. The van der Waals surface area contributed by atoms with Crippen molar-refractivity contribution < 1.29 is 66.2 Å². The SMILES string of the molecule is FC(OC(F)=C(F)C(F)=C(F)C(F)(F)F)=C(F)C(F)=C(F)C(F)(F)F. The molecule has 0 rings (SSSR count). The number of halogens is 14. The summed E-state index contributed by atoms with van der Waals surface area (Å²) in [4.78, 5) is 0. The van der Waals surface area contributed by atoms with Gasteiger partial charge in [-0.1, -0.05) is 0 Å². The first-order chi connectivity index (χ1) is 11.0. The molecule has 0 saturated carbocycles. The number of allylic oxidation sites excluding steroid dienone is 6. The van der Waals surface area contributed by atoms with Crippen molar-refractivity contribution in [2.75, 3.05) is 0 Å². The van der Waals surface area contributed by atoms with E-state index in [9.17, 15) is 61.5 Å². The number of rotatable bonds is 4. The fraction of sp³-hybridized carbons (Fsp3) is 0.200. The molecule has 25 heavy (non-hydrogen) atoms. The minimum Gasteiger partial charge on any atom is -0.399 e. The molecule has 0 aromatic rings. The maximum Gasteiger partial charge on any atom is 0.446 e. The van der Waals surface area contributed by atoms with Crippen LogP contribution in [-0.4, -0.2) is 12.4 Å². The molecule has 0 radical (unpaired) electrons. The summed E-state index contributed by atoms with van der Waals surface area (Å²) >= 11 is 0. The molecule has 0 aromatic carbocycles. The Morgan fingerprint density at radius 1 is 0.440 bits per heavy atom. The Hall–Kier alpha value is -2.22. The second-order valence-corrected chi connectivity index (χ2v) is 3.53. The molecule has 0 spiro atoms. The molecule has 0 N–H and O–H groups in total. The first-order valence-corrected chi connectivity index (χ1v) is 5.05. The molecule has 15 heteroatoms. The molecule has 0 saturated heterocycles. The van der Waals surface area contributed by atoms with E-state index in [-0.39, 0.29) is 0 Å². The normalized spacial score (nSPS) is 17.4. The highest BCUT2D eigenvalue weighted by atomic mass is 19.4. The van der Waals surface area contributed by atoms with Crippen LogP contribution in [0.2, 0.25) is 0 Å². The number of alkyl halides is 6. The van der Waals surface area contributed by atoms with Crippen LogP contribution in [0.4, 0.5) is 61.5 Å². The molecule has 0 heterocycles. The molecular weight excluding hydrogens is 402 g/mol. The third kappa shape index (κ3) is 5.97. The first-order valence-electron chi connectivity index (χ1n) is 5.05. The Morgan fingerprint density at radius 3 is 0.880 bits per heavy atom. The van der Waals surface area contributed by atoms with E-state index in [1.807, 2.05) is 0 Å². The molecule has 0 fully saturated rings. The highest BCUT2D eigenvalue weighted by Crippen LogP contribution is 2.37. The van der Waals surface area contributed by atoms with E-state index in [2.05, 4.69) is 4.74 Å². The average Bonchev–Trinajstić information content (AvgIpc) is 2.48. The van der Waals surface area contributed by atoms with Crippen LogP contribution in [0.25, 0.3) is 0 Å². The van der Waals surface area contributed by atoms with Gasteiger partial charge in [-0.2, -0.15) is 52.7 Å². The summed E-state index contributed by atoms with van der Waals surface area (Å²) in [5.74, 6) is -22.1. The average molecular weight is 402 g/mol. The van der Waals surface area contributed by atoms with Gasteiger partial charge < -0.3 is 4.74 Å². The Labute approximate surface area is 127 Å². The van der Waals surface area contributed by atoms with Gasteiger partial charge in [0.05, 0.1) is 0 Å². The molecule has 1 nitrogen and oxygen atoms in total. The fourth-order valence-corrected chi connectivity index (χ4v) is 0.782. The van der Waals surface area contributed by atoms with E-state index in [1.54, 1.807) is 0 Å². The molecule has 0 aliphatic heterocycles. The summed E-state index contributed by atoms with van der Waals surface area (Å²) in [6, 6.07) is -6.96. The van der Waals surface area contributed by atoms with Gasteiger partial charge in [-0.15, -0.1) is 0 Å². The van der Waals surface area contributed by atoms with Gasteiger partial charge >= 0.3 is 24.4 Å². The molecule has 0 aliphatic carbocycles. The van der Waals surface area contributed by atoms with Crippen molar-refractivity contribution >= 4 is 0 Å². The van der Waals surface area contributed by atoms with Crippen LogP contribution in [0.3, 0.4) is 0 Å². The first kappa shape index (κ1) is 22.8. The lowest BCUT2D eigenvalue weighted by Crippen LogP contribution is -2.10. The van der Waals surface area contributed by atoms with Crippen LogP contribution < -0.4 is 0 Å². The maximum atomic E-state index is 12.7. The summed E-state index contributed by atoms with van der Waals surface area (Å²) in [6.07, 6.45) is -12.3. The smallest absolute Gasteiger partial charge is 0.399 e. The quantitative estimate of drug-likeness (QED) is 0.291. The summed E-state index contributed by atoms with van der Waals surface area (Å²) in [6.45, 7) is 0. The standard InChI is InChI=1S/C10F14O/c11-1(5(15)9(19,20)21)3(13)7(17)25-8(18)4(14)2(12)6(16)10(22,23)24. The predicted octanol–water partition coefficient (Wildman–Crippen LogP) is 6.65. The molecule has 0 aliphatic rings. The van der Waals surface area contributed by atoms with E-state index in [4.69, 9.17) is 0 Å². The van der Waals surface area contributed by atoms with Crippen molar-refractivity contribution in [2.24, 2.45) is 0 Å². The van der Waals surface area contributed by atoms with Gasteiger partial charge in [0.2, 0.25) is 35.0 Å². The number of ether oxygens (including phenoxy) is 1. The highest BCUT2D eigenvalue weighted by Gasteiger charge is 2.41. The number of hydrogen-bond donors (Lipinski definition) is 0. The second-order valence-electron chi connectivity index (χ2n) is 3.53. The van der Waals surface area contributed by atoms with Crippen LogP contribution >= 0.6 is 0 Å². The third-order valence-electron chi connectivity index (χ3n) is 1.79. The van der Waals surface area contributed by atoms with E-state index in [0.717, 1.165) is 0 Å². The monoisotopic (exact) mass is 402 g/mol. The van der Waals surface area contributed by atoms with E-state index in [1.165, 1.54) is 0 Å². The van der Waals surface area contributed by atoms with Crippen LogP contribution in [-0.2, 0) is 4.74 Å². The van der Waals surface area contributed by atoms with Crippen molar-refractivity contribution in [3.8, 4) is 0 Å². The minimum atomic E-state index is -6.17. The van der Waals surface area contributed by atoms with E-state index >= 15 is 0 Å². The Morgan fingerprint density at radius 2 is 0.680 bits per heavy atom. The Kier molecular flexibility index (Phi) is 7.08. The van der Waals surface area contributed by atoms with Crippen molar-refractivity contribution in [2.45, 2.75) is 12.4 Å². The van der Waals surface area contributed by atoms with Crippen molar-refractivity contribution in [1.29, 1.82) is 0 Å². The van der Waals surface area contributed by atoms with Gasteiger partial charge in [-0.3, -0.25) is 0 Å². The Bertz CT molecular complexity index is 588. The van der Waals surface area contributed by atoms with Gasteiger partial charge in [0.1, 0.15) is 0 Å². The van der Waals surface area contributed by atoms with Gasteiger partial charge in [0, 0.05) is 0 Å². The highest BCUT2D eigenvalue weighted by molar-refractivity contribution is 5.27. The van der Waals surface area contributed by atoms with Gasteiger partial charge in [-0.25, -0.2) is 8.78 Å². The molecule has 144 valence electrons. The second kappa shape index (κ2) is 7.77. The van der Waals surface area contributed by atoms with Gasteiger partial charge in [-0.05, 0) is 0 Å². The molecule has 0 amide bonds. The molecule has 0 bridgehead atoms. The van der Waals surface area contributed by atoms with E-state index < -0.39 is 59.3 Å². The zero-order chi connectivity index (χ0) is 20.3. The predicted molar refractivity (Wildman–Crippen MR) is 50.2 cm³/mol. The molecule has 0 atom stereocenters. The summed E-state index contributed by atoms with van der Waals surface area (Å²) < 4.78 is 173. The van der Waals surface area contributed by atoms with Gasteiger partial charge in [0.15, 0.2) is 0 Å². The molecule has 0 aromatic heterocycles. The zero-order valence-electron chi connectivity index (χ0n) is 10.7.